The summed E-state index contributed by atoms with van der Waals surface area (Å²) in [5.74, 6) is 0.860. The maximum atomic E-state index is 11.9. The third kappa shape index (κ3) is 2.77. The second-order valence-electron chi connectivity index (χ2n) is 6.63. The Bertz CT molecular complexity index is 791. The van der Waals surface area contributed by atoms with Gasteiger partial charge in [-0.25, -0.2) is 0 Å². The predicted octanol–water partition coefficient (Wildman–Crippen LogP) is 3.63. The highest BCUT2D eigenvalue weighted by atomic mass is 16.5. The summed E-state index contributed by atoms with van der Waals surface area (Å²) in [7, 11) is 0. The fourth-order valence-electron chi connectivity index (χ4n) is 2.72. The van der Waals surface area contributed by atoms with Crippen LogP contribution in [-0.2, 0) is 4.79 Å². The van der Waals surface area contributed by atoms with Gasteiger partial charge in [-0.05, 0) is 50.8 Å². The lowest BCUT2D eigenvalue weighted by Crippen LogP contribution is -2.28. The van der Waals surface area contributed by atoms with E-state index in [9.17, 15) is 4.79 Å². The zero-order chi connectivity index (χ0) is 16.6. The minimum atomic E-state index is -0.561. The van der Waals surface area contributed by atoms with Crippen LogP contribution in [0, 0.1) is 5.41 Å². The van der Waals surface area contributed by atoms with Gasteiger partial charge in [0.1, 0.15) is 5.75 Å². The van der Waals surface area contributed by atoms with E-state index in [1.54, 1.807) is 0 Å². The molecule has 0 spiro atoms. The Kier molecular flexibility index (Phi) is 3.76. The molecule has 1 heterocycles. The van der Waals surface area contributed by atoms with Gasteiger partial charge in [-0.2, -0.15) is 0 Å². The van der Waals surface area contributed by atoms with Gasteiger partial charge in [0.15, 0.2) is 0 Å². The number of ether oxygens (including phenoxy) is 1. The van der Waals surface area contributed by atoms with Crippen molar-refractivity contribution in [1.29, 1.82) is 0 Å². The number of hydrogen-bond acceptors (Lipinski definition) is 3. The van der Waals surface area contributed by atoms with Crippen molar-refractivity contribution in [3.63, 3.8) is 0 Å². The molecule has 1 aliphatic rings. The summed E-state index contributed by atoms with van der Waals surface area (Å²) in [6, 6.07) is 12.2. The average molecular weight is 310 g/mol. The Morgan fingerprint density at radius 3 is 2.39 bits per heavy atom. The van der Waals surface area contributed by atoms with Crippen molar-refractivity contribution in [1.82, 2.24) is 10.9 Å². The third-order valence-electron chi connectivity index (χ3n) is 4.13. The molecule has 4 nitrogen and oxygen atoms in total. The average Bonchev–Trinajstić information content (AvgIpc) is 2.74. The molecule has 1 aliphatic heterocycles. The predicted molar refractivity (Wildman–Crippen MR) is 92.7 cm³/mol. The van der Waals surface area contributed by atoms with Crippen LogP contribution in [0.1, 0.15) is 33.3 Å². The molecule has 23 heavy (non-hydrogen) atoms. The van der Waals surface area contributed by atoms with E-state index in [0.717, 1.165) is 27.8 Å². The van der Waals surface area contributed by atoms with Crippen molar-refractivity contribution in [3.8, 4) is 5.75 Å². The van der Waals surface area contributed by atoms with Gasteiger partial charge in [0, 0.05) is 11.1 Å². The lowest BCUT2D eigenvalue weighted by Gasteiger charge is -2.16. The van der Waals surface area contributed by atoms with Crippen LogP contribution in [0.5, 0.6) is 5.75 Å². The molecular formula is C19H22N2O2. The lowest BCUT2D eigenvalue weighted by atomic mass is 9.88. The zero-order valence-electron chi connectivity index (χ0n) is 13.9. The molecule has 0 unspecified atom stereocenters. The number of carbonyl (C=O) groups is 1. The Hall–Kier alpha value is -2.49. The normalized spacial score (nSPS) is 18.3. The first kappa shape index (κ1) is 15.4. The Morgan fingerprint density at radius 2 is 1.74 bits per heavy atom. The van der Waals surface area contributed by atoms with Crippen molar-refractivity contribution in [2.24, 2.45) is 5.41 Å². The maximum absolute atomic E-state index is 11.9. The summed E-state index contributed by atoms with van der Waals surface area (Å²) in [5, 5.41) is 2.18. The first-order valence-electron chi connectivity index (χ1n) is 7.86. The number of amides is 1. The Labute approximate surface area is 136 Å². The minimum Gasteiger partial charge on any atom is -0.490 e. The van der Waals surface area contributed by atoms with Gasteiger partial charge in [-0.1, -0.05) is 30.3 Å². The van der Waals surface area contributed by atoms with Crippen LogP contribution in [0.2, 0.25) is 0 Å². The van der Waals surface area contributed by atoms with Crippen LogP contribution >= 0.6 is 0 Å². The summed E-state index contributed by atoms with van der Waals surface area (Å²) in [6.45, 7) is 7.86. The molecule has 0 aliphatic carbocycles. The van der Waals surface area contributed by atoms with Gasteiger partial charge >= 0.3 is 0 Å². The van der Waals surface area contributed by atoms with Gasteiger partial charge < -0.3 is 10.2 Å². The van der Waals surface area contributed by atoms with Crippen molar-refractivity contribution in [3.05, 3.63) is 47.7 Å². The monoisotopic (exact) mass is 310 g/mol. The molecule has 0 aromatic heterocycles. The Morgan fingerprint density at radius 1 is 1.04 bits per heavy atom. The molecule has 0 atom stereocenters. The van der Waals surface area contributed by atoms with E-state index in [1.165, 1.54) is 0 Å². The molecular weight excluding hydrogens is 288 g/mol. The summed E-state index contributed by atoms with van der Waals surface area (Å²) >= 11 is 0. The quantitative estimate of drug-likeness (QED) is 0.910. The minimum absolute atomic E-state index is 0.0205. The van der Waals surface area contributed by atoms with Crippen LogP contribution in [0.15, 0.2) is 42.1 Å². The molecule has 2 aromatic rings. The second kappa shape index (κ2) is 5.61. The number of carbonyl (C=O) groups excluding carboxylic acids is 1. The summed E-state index contributed by atoms with van der Waals surface area (Å²) in [6.07, 6.45) is 2.15. The van der Waals surface area contributed by atoms with E-state index < -0.39 is 5.41 Å². The topological polar surface area (TPSA) is 50.4 Å². The molecule has 0 saturated carbocycles. The van der Waals surface area contributed by atoms with E-state index in [4.69, 9.17) is 4.74 Å². The first-order chi connectivity index (χ1) is 10.9. The lowest BCUT2D eigenvalue weighted by molar-refractivity contribution is -0.125. The van der Waals surface area contributed by atoms with E-state index in [1.807, 2.05) is 52.0 Å². The number of fused-ring (bicyclic) bond motifs is 1. The fraction of sp³-hybridized carbons (Fsp3) is 0.316. The molecule has 3 rings (SSSR count). The molecule has 1 fully saturated rings. The van der Waals surface area contributed by atoms with E-state index in [2.05, 4.69) is 29.1 Å². The fourth-order valence-corrected chi connectivity index (χ4v) is 2.72. The molecule has 0 radical (unpaired) electrons. The SMILES string of the molecule is CC(C)Oc1cccc2c(/C=C3\NNC(=O)C3(C)C)cccc12. The van der Waals surface area contributed by atoms with Crippen LogP contribution in [0.4, 0.5) is 0 Å². The van der Waals surface area contributed by atoms with Gasteiger partial charge in [0.25, 0.3) is 0 Å². The number of rotatable bonds is 3. The smallest absolute Gasteiger partial charge is 0.249 e. The molecule has 120 valence electrons. The van der Waals surface area contributed by atoms with E-state index in [-0.39, 0.29) is 12.0 Å². The number of hydrogen-bond donors (Lipinski definition) is 2. The number of benzene rings is 2. The highest BCUT2D eigenvalue weighted by molar-refractivity contribution is 5.96. The van der Waals surface area contributed by atoms with Crippen molar-refractivity contribution in [2.75, 3.05) is 0 Å². The molecule has 4 heteroatoms. The standard InChI is InChI=1S/C19H22N2O2/c1-12(2)23-16-10-6-8-14-13(7-5-9-15(14)16)11-17-19(3,4)18(22)21-20-17/h5-12,20H,1-4H3,(H,21,22)/b17-11-. The van der Waals surface area contributed by atoms with Gasteiger partial charge in [0.05, 0.1) is 11.5 Å². The summed E-state index contributed by atoms with van der Waals surface area (Å²) < 4.78 is 5.91. The van der Waals surface area contributed by atoms with Crippen molar-refractivity contribution in [2.45, 2.75) is 33.8 Å². The second-order valence-corrected chi connectivity index (χ2v) is 6.63. The van der Waals surface area contributed by atoms with Gasteiger partial charge in [-0.15, -0.1) is 0 Å². The molecule has 1 saturated heterocycles. The van der Waals surface area contributed by atoms with Crippen LogP contribution in [0.25, 0.3) is 16.8 Å². The van der Waals surface area contributed by atoms with E-state index in [0.29, 0.717) is 0 Å². The largest absolute Gasteiger partial charge is 0.490 e. The molecule has 2 N–H and O–H groups in total. The van der Waals surface area contributed by atoms with Crippen molar-refractivity contribution >= 4 is 22.8 Å². The van der Waals surface area contributed by atoms with Crippen LogP contribution in [-0.4, -0.2) is 12.0 Å². The molecule has 0 bridgehead atoms. The molecule has 1 amide bonds. The van der Waals surface area contributed by atoms with E-state index >= 15 is 0 Å². The maximum Gasteiger partial charge on any atom is 0.249 e. The summed E-state index contributed by atoms with van der Waals surface area (Å²) in [5.41, 5.74) is 7.03. The highest BCUT2D eigenvalue weighted by Gasteiger charge is 2.37. The summed E-state index contributed by atoms with van der Waals surface area (Å²) in [4.78, 5) is 11.9. The van der Waals surface area contributed by atoms with Gasteiger partial charge in [0.2, 0.25) is 5.91 Å². The zero-order valence-corrected chi connectivity index (χ0v) is 13.9. The van der Waals surface area contributed by atoms with Crippen LogP contribution < -0.4 is 15.6 Å². The van der Waals surface area contributed by atoms with Crippen LogP contribution in [0.3, 0.4) is 0 Å². The van der Waals surface area contributed by atoms with Crippen molar-refractivity contribution < 1.29 is 9.53 Å². The number of hydrazine groups is 1. The van der Waals surface area contributed by atoms with Gasteiger partial charge in [-0.3, -0.25) is 10.2 Å². The highest BCUT2D eigenvalue weighted by Crippen LogP contribution is 2.33. The molecule has 2 aromatic carbocycles. The Balaban J connectivity index is 2.11. The number of nitrogens with one attached hydrogen (secondary N) is 2. The first-order valence-corrected chi connectivity index (χ1v) is 7.86. The third-order valence-corrected chi connectivity index (χ3v) is 4.13.